The second-order valence-corrected chi connectivity index (χ2v) is 3.96. The van der Waals surface area contributed by atoms with Gasteiger partial charge in [-0.15, -0.1) is 0 Å². The van der Waals surface area contributed by atoms with E-state index in [4.69, 9.17) is 4.55 Å². The molecule has 0 aliphatic heterocycles. The highest BCUT2D eigenvalue weighted by molar-refractivity contribution is 7.86. The second-order valence-electron chi connectivity index (χ2n) is 2.57. The molecule has 2 N–H and O–H groups in total. The zero-order valence-corrected chi connectivity index (χ0v) is 7.25. The summed E-state index contributed by atoms with van der Waals surface area (Å²) in [6.45, 7) is 0. The Morgan fingerprint density at radius 2 is 2.15 bits per heavy atom. The van der Waals surface area contributed by atoms with Gasteiger partial charge in [0.1, 0.15) is 4.90 Å². The Morgan fingerprint density at radius 3 is 2.85 bits per heavy atom. The largest absolute Gasteiger partial charge is 0.296 e. The van der Waals surface area contributed by atoms with Gasteiger partial charge in [0.05, 0.1) is 11.7 Å². The summed E-state index contributed by atoms with van der Waals surface area (Å²) in [5, 5.41) is 6.83. The minimum Gasteiger partial charge on any atom is -0.282 e. The van der Waals surface area contributed by atoms with Crippen molar-refractivity contribution in [1.29, 1.82) is 0 Å². The first-order chi connectivity index (χ1) is 6.09. The Morgan fingerprint density at radius 1 is 1.38 bits per heavy atom. The van der Waals surface area contributed by atoms with Gasteiger partial charge in [0, 0.05) is 5.39 Å². The van der Waals surface area contributed by atoms with Crippen LogP contribution in [-0.2, 0) is 10.1 Å². The Balaban J connectivity index is 2.91. The van der Waals surface area contributed by atoms with E-state index >= 15 is 0 Å². The van der Waals surface area contributed by atoms with E-state index in [0.29, 0.717) is 10.9 Å². The van der Waals surface area contributed by atoms with E-state index in [1.54, 1.807) is 12.1 Å². The molecule has 0 aliphatic carbocycles. The molecule has 68 valence electrons. The number of rotatable bonds is 1. The number of para-hydroxylation sites is 1. The summed E-state index contributed by atoms with van der Waals surface area (Å²) in [6.07, 6.45) is 1.49. The van der Waals surface area contributed by atoms with Crippen LogP contribution in [0.15, 0.2) is 29.3 Å². The van der Waals surface area contributed by atoms with Gasteiger partial charge in [-0.25, -0.2) is 0 Å². The summed E-state index contributed by atoms with van der Waals surface area (Å²) in [5.41, 5.74) is 0.324. The van der Waals surface area contributed by atoms with Crippen LogP contribution in [0.4, 0.5) is 0 Å². The maximum absolute atomic E-state index is 10.9. The number of nitrogens with zero attached hydrogens (tertiary/aromatic N) is 1. The summed E-state index contributed by atoms with van der Waals surface area (Å²) < 4.78 is 30.5. The Kier molecular flexibility index (Phi) is 1.61. The van der Waals surface area contributed by atoms with Crippen LogP contribution in [0.25, 0.3) is 10.9 Å². The molecule has 13 heavy (non-hydrogen) atoms. The van der Waals surface area contributed by atoms with Gasteiger partial charge in [-0.1, -0.05) is 12.1 Å². The van der Waals surface area contributed by atoms with E-state index in [9.17, 15) is 8.42 Å². The van der Waals surface area contributed by atoms with Gasteiger partial charge in [-0.2, -0.15) is 13.5 Å². The van der Waals surface area contributed by atoms with Crippen LogP contribution >= 0.6 is 0 Å². The molecule has 0 aliphatic rings. The van der Waals surface area contributed by atoms with Crippen LogP contribution in [0.1, 0.15) is 0 Å². The van der Waals surface area contributed by atoms with E-state index < -0.39 is 10.1 Å². The minimum absolute atomic E-state index is 0.150. The van der Waals surface area contributed by atoms with Crippen molar-refractivity contribution in [2.75, 3.05) is 0 Å². The Labute approximate surface area is 74.1 Å². The first-order valence-corrected chi connectivity index (χ1v) is 4.92. The van der Waals surface area contributed by atoms with Crippen molar-refractivity contribution in [3.63, 3.8) is 0 Å². The highest BCUT2D eigenvalue weighted by Crippen LogP contribution is 2.19. The van der Waals surface area contributed by atoms with E-state index in [1.165, 1.54) is 12.3 Å². The lowest BCUT2D eigenvalue weighted by molar-refractivity contribution is 0.484. The van der Waals surface area contributed by atoms with Crippen molar-refractivity contribution in [2.45, 2.75) is 4.90 Å². The van der Waals surface area contributed by atoms with E-state index in [1.807, 2.05) is 0 Å². The lowest BCUT2D eigenvalue weighted by atomic mass is 10.3. The van der Waals surface area contributed by atoms with Gasteiger partial charge in [-0.05, 0) is 6.07 Å². The average Bonchev–Trinajstić information content (AvgIpc) is 2.48. The third kappa shape index (κ3) is 1.30. The number of hydrogen-bond donors (Lipinski definition) is 2. The first-order valence-electron chi connectivity index (χ1n) is 3.48. The number of H-pyrrole nitrogens is 1. The van der Waals surface area contributed by atoms with Gasteiger partial charge in [0.15, 0.2) is 0 Å². The Bertz CT molecular complexity index is 544. The molecule has 6 heteroatoms. The number of nitrogens with one attached hydrogen (secondary N) is 1. The maximum atomic E-state index is 10.9. The molecule has 0 atom stereocenters. The van der Waals surface area contributed by atoms with Gasteiger partial charge >= 0.3 is 0 Å². The minimum atomic E-state index is -4.17. The molecule has 0 fully saturated rings. The molecule has 0 amide bonds. The standard InChI is InChI=1S/C7H6N2O3S/c10-13(11,12)6-3-1-2-5-4-8-9-7(5)6/h1-4H,(H,8,9)(H,10,11,12). The summed E-state index contributed by atoms with van der Waals surface area (Å²) in [7, 11) is -4.17. The van der Waals surface area contributed by atoms with E-state index in [0.717, 1.165) is 0 Å². The van der Waals surface area contributed by atoms with Crippen molar-refractivity contribution < 1.29 is 13.0 Å². The monoisotopic (exact) mass is 198 g/mol. The highest BCUT2D eigenvalue weighted by Gasteiger charge is 2.14. The topological polar surface area (TPSA) is 83.1 Å². The molecule has 1 aromatic heterocycles. The number of benzene rings is 1. The predicted molar refractivity (Wildman–Crippen MR) is 45.9 cm³/mol. The van der Waals surface area contributed by atoms with Crippen LogP contribution in [0.5, 0.6) is 0 Å². The molecule has 0 unspecified atom stereocenters. The van der Waals surface area contributed by atoms with Crippen LogP contribution in [0.3, 0.4) is 0 Å². The number of aromatic nitrogens is 2. The summed E-state index contributed by atoms with van der Waals surface area (Å²) in [5.74, 6) is 0. The zero-order chi connectivity index (χ0) is 9.47. The van der Waals surface area contributed by atoms with Crippen LogP contribution in [0, 0.1) is 0 Å². The third-order valence-corrected chi connectivity index (χ3v) is 2.61. The highest BCUT2D eigenvalue weighted by atomic mass is 32.2. The average molecular weight is 198 g/mol. The van der Waals surface area contributed by atoms with Gasteiger partial charge in [0.25, 0.3) is 10.1 Å². The van der Waals surface area contributed by atoms with Crippen molar-refractivity contribution >= 4 is 21.0 Å². The maximum Gasteiger partial charge on any atom is 0.296 e. The smallest absolute Gasteiger partial charge is 0.282 e. The van der Waals surface area contributed by atoms with Gasteiger partial charge in [-0.3, -0.25) is 9.65 Å². The van der Waals surface area contributed by atoms with Crippen LogP contribution in [0.2, 0.25) is 0 Å². The number of aromatic amines is 1. The summed E-state index contributed by atoms with van der Waals surface area (Å²) in [6, 6.07) is 4.56. The molecule has 1 heterocycles. The van der Waals surface area contributed by atoms with Crippen LogP contribution in [-0.4, -0.2) is 23.2 Å². The zero-order valence-electron chi connectivity index (χ0n) is 6.43. The SMILES string of the molecule is O=S(=O)(O)c1cccc2cn[nH]c12. The molecular weight excluding hydrogens is 192 g/mol. The Hall–Kier alpha value is -1.40. The molecule has 0 radical (unpaired) electrons. The fourth-order valence-corrected chi connectivity index (χ4v) is 1.83. The van der Waals surface area contributed by atoms with E-state index in [-0.39, 0.29) is 4.90 Å². The molecule has 0 spiro atoms. The molecular formula is C7H6N2O3S. The number of fused-ring (bicyclic) bond motifs is 1. The molecule has 0 bridgehead atoms. The third-order valence-electron chi connectivity index (χ3n) is 1.72. The lowest BCUT2D eigenvalue weighted by Crippen LogP contribution is -1.98. The van der Waals surface area contributed by atoms with Crippen molar-refractivity contribution in [3.8, 4) is 0 Å². The molecule has 1 aromatic carbocycles. The fraction of sp³-hybridized carbons (Fsp3) is 0. The number of hydrogen-bond acceptors (Lipinski definition) is 3. The van der Waals surface area contributed by atoms with Gasteiger partial charge in [0.2, 0.25) is 0 Å². The predicted octanol–water partition coefficient (Wildman–Crippen LogP) is 0.810. The van der Waals surface area contributed by atoms with Crippen molar-refractivity contribution in [1.82, 2.24) is 10.2 Å². The first kappa shape index (κ1) is 8.21. The van der Waals surface area contributed by atoms with Crippen molar-refractivity contribution in [3.05, 3.63) is 24.4 Å². The normalized spacial score (nSPS) is 12.1. The fourth-order valence-electron chi connectivity index (χ4n) is 1.16. The molecule has 2 rings (SSSR count). The molecule has 0 saturated carbocycles. The van der Waals surface area contributed by atoms with Crippen LogP contribution < -0.4 is 0 Å². The molecule has 2 aromatic rings. The van der Waals surface area contributed by atoms with Crippen molar-refractivity contribution in [2.24, 2.45) is 0 Å². The molecule has 5 nitrogen and oxygen atoms in total. The lowest BCUT2D eigenvalue weighted by Gasteiger charge is -1.96. The summed E-state index contributed by atoms with van der Waals surface area (Å²) >= 11 is 0. The quantitative estimate of drug-likeness (QED) is 0.664. The molecule has 0 saturated heterocycles. The van der Waals surface area contributed by atoms with E-state index in [2.05, 4.69) is 10.2 Å². The second kappa shape index (κ2) is 2.54. The van der Waals surface area contributed by atoms with Gasteiger partial charge < -0.3 is 0 Å². The summed E-state index contributed by atoms with van der Waals surface area (Å²) in [4.78, 5) is -0.150.